The maximum atomic E-state index is 14.0. The third-order valence-electron chi connectivity index (χ3n) is 4.70. The zero-order chi connectivity index (χ0) is 15.1. The van der Waals surface area contributed by atoms with Gasteiger partial charge in [-0.15, -0.1) is 0 Å². The van der Waals surface area contributed by atoms with Crippen LogP contribution in [-0.2, 0) is 25.9 Å². The van der Waals surface area contributed by atoms with Crippen LogP contribution in [0.3, 0.4) is 0 Å². The fourth-order valence-electron chi connectivity index (χ4n) is 3.54. The van der Waals surface area contributed by atoms with E-state index < -0.39 is 11.6 Å². The van der Waals surface area contributed by atoms with Gasteiger partial charge in [0.2, 0.25) is 0 Å². The van der Waals surface area contributed by atoms with E-state index in [-0.39, 0.29) is 0 Å². The van der Waals surface area contributed by atoms with Crippen molar-refractivity contribution >= 4 is 5.69 Å². The van der Waals surface area contributed by atoms with Crippen LogP contribution in [-0.4, -0.2) is 18.0 Å². The highest BCUT2D eigenvalue weighted by Crippen LogP contribution is 2.30. The van der Waals surface area contributed by atoms with Crippen molar-refractivity contribution in [2.75, 3.05) is 18.4 Å². The highest BCUT2D eigenvalue weighted by Gasteiger charge is 2.23. The molecule has 0 spiro atoms. The molecule has 114 valence electrons. The number of hydrogen-bond donors (Lipinski definition) is 1. The zero-order valence-corrected chi connectivity index (χ0v) is 12.3. The van der Waals surface area contributed by atoms with Crippen molar-refractivity contribution in [1.29, 1.82) is 0 Å². The highest BCUT2D eigenvalue weighted by molar-refractivity contribution is 5.61. The van der Waals surface area contributed by atoms with Crippen LogP contribution in [0, 0.1) is 11.6 Å². The average molecular weight is 300 g/mol. The standard InChI is InChI=1S/C18H18F2N2/c19-16-5-4-12-7-9-22(11-15(12)17(16)20)10-14-3-1-2-13-6-8-21-18(13)14/h1-5,21H,6-11H2. The van der Waals surface area contributed by atoms with Crippen molar-refractivity contribution in [3.8, 4) is 0 Å². The smallest absolute Gasteiger partial charge is 0.163 e. The van der Waals surface area contributed by atoms with Crippen LogP contribution >= 0.6 is 0 Å². The minimum Gasteiger partial charge on any atom is -0.384 e. The number of benzene rings is 2. The summed E-state index contributed by atoms with van der Waals surface area (Å²) in [4.78, 5) is 2.19. The Morgan fingerprint density at radius 3 is 2.86 bits per heavy atom. The lowest BCUT2D eigenvalue weighted by molar-refractivity contribution is 0.239. The van der Waals surface area contributed by atoms with Gasteiger partial charge in [0, 0.05) is 37.4 Å². The molecule has 22 heavy (non-hydrogen) atoms. The monoisotopic (exact) mass is 300 g/mol. The van der Waals surface area contributed by atoms with E-state index in [9.17, 15) is 8.78 Å². The lowest BCUT2D eigenvalue weighted by atomic mass is 9.98. The lowest BCUT2D eigenvalue weighted by Gasteiger charge is -2.29. The second-order valence-corrected chi connectivity index (χ2v) is 6.09. The van der Waals surface area contributed by atoms with Gasteiger partial charge in [0.25, 0.3) is 0 Å². The van der Waals surface area contributed by atoms with E-state index in [0.29, 0.717) is 12.1 Å². The molecule has 2 aromatic carbocycles. The molecule has 0 bridgehead atoms. The molecule has 0 amide bonds. The Labute approximate surface area is 128 Å². The molecular weight excluding hydrogens is 282 g/mol. The van der Waals surface area contributed by atoms with Gasteiger partial charge in [-0.25, -0.2) is 8.78 Å². The number of nitrogens with zero attached hydrogens (tertiary/aromatic N) is 1. The van der Waals surface area contributed by atoms with Crippen LogP contribution in [0.2, 0.25) is 0 Å². The van der Waals surface area contributed by atoms with Crippen molar-refractivity contribution in [3.05, 3.63) is 64.2 Å². The summed E-state index contributed by atoms with van der Waals surface area (Å²) in [6, 6.07) is 9.30. The van der Waals surface area contributed by atoms with Crippen LogP contribution < -0.4 is 5.32 Å². The summed E-state index contributed by atoms with van der Waals surface area (Å²) >= 11 is 0. The highest BCUT2D eigenvalue weighted by atomic mass is 19.2. The Morgan fingerprint density at radius 1 is 1.05 bits per heavy atom. The van der Waals surface area contributed by atoms with Crippen LogP contribution in [0.25, 0.3) is 0 Å². The van der Waals surface area contributed by atoms with Gasteiger partial charge < -0.3 is 5.32 Å². The van der Waals surface area contributed by atoms with Gasteiger partial charge in [-0.2, -0.15) is 0 Å². The second-order valence-electron chi connectivity index (χ2n) is 6.09. The molecule has 0 radical (unpaired) electrons. The predicted molar refractivity (Wildman–Crippen MR) is 82.8 cm³/mol. The summed E-state index contributed by atoms with van der Waals surface area (Å²) in [5.74, 6) is -1.43. The van der Waals surface area contributed by atoms with Crippen molar-refractivity contribution in [1.82, 2.24) is 4.90 Å². The lowest BCUT2D eigenvalue weighted by Crippen LogP contribution is -2.31. The fourth-order valence-corrected chi connectivity index (χ4v) is 3.54. The largest absolute Gasteiger partial charge is 0.384 e. The first-order valence-electron chi connectivity index (χ1n) is 7.75. The molecule has 2 aromatic rings. The molecular formula is C18H18F2N2. The fraction of sp³-hybridized carbons (Fsp3) is 0.333. The summed E-state index contributed by atoms with van der Waals surface area (Å²) in [7, 11) is 0. The Hall–Kier alpha value is -1.94. The van der Waals surface area contributed by atoms with E-state index in [1.807, 2.05) is 0 Å². The summed E-state index contributed by atoms with van der Waals surface area (Å²) in [5.41, 5.74) is 5.29. The summed E-state index contributed by atoms with van der Waals surface area (Å²) < 4.78 is 27.4. The molecule has 0 unspecified atom stereocenters. The van der Waals surface area contributed by atoms with Gasteiger partial charge in [-0.1, -0.05) is 24.3 Å². The van der Waals surface area contributed by atoms with Crippen molar-refractivity contribution in [2.24, 2.45) is 0 Å². The molecule has 2 nitrogen and oxygen atoms in total. The van der Waals surface area contributed by atoms with Gasteiger partial charge in [0.15, 0.2) is 11.6 Å². The number of fused-ring (bicyclic) bond motifs is 2. The minimum atomic E-state index is -0.747. The van der Waals surface area contributed by atoms with Gasteiger partial charge in [-0.05, 0) is 35.6 Å². The Bertz CT molecular complexity index is 727. The molecule has 4 rings (SSSR count). The number of hydrogen-bond acceptors (Lipinski definition) is 2. The second kappa shape index (κ2) is 5.36. The normalized spacial score (nSPS) is 17.0. The molecule has 0 saturated heterocycles. The molecule has 0 aliphatic carbocycles. The van der Waals surface area contributed by atoms with E-state index in [2.05, 4.69) is 28.4 Å². The number of nitrogens with one attached hydrogen (secondary N) is 1. The molecule has 2 aliphatic heterocycles. The average Bonchev–Trinajstić information content (AvgIpc) is 3.01. The van der Waals surface area contributed by atoms with E-state index in [1.165, 1.54) is 22.9 Å². The van der Waals surface area contributed by atoms with Crippen LogP contribution in [0.15, 0.2) is 30.3 Å². The number of para-hydroxylation sites is 1. The molecule has 0 fully saturated rings. The summed E-state index contributed by atoms with van der Waals surface area (Å²) in [6.45, 7) is 3.10. The molecule has 2 heterocycles. The van der Waals surface area contributed by atoms with E-state index in [0.717, 1.165) is 38.0 Å². The zero-order valence-electron chi connectivity index (χ0n) is 12.3. The third-order valence-corrected chi connectivity index (χ3v) is 4.70. The van der Waals surface area contributed by atoms with Crippen molar-refractivity contribution < 1.29 is 8.78 Å². The first-order valence-corrected chi connectivity index (χ1v) is 7.75. The number of halogens is 2. The third kappa shape index (κ3) is 2.28. The summed E-state index contributed by atoms with van der Waals surface area (Å²) in [5, 5.41) is 3.44. The van der Waals surface area contributed by atoms with Crippen LogP contribution in [0.4, 0.5) is 14.5 Å². The molecule has 0 atom stereocenters. The van der Waals surface area contributed by atoms with Gasteiger partial charge in [0.1, 0.15) is 0 Å². The molecule has 0 aromatic heterocycles. The first-order chi connectivity index (χ1) is 10.7. The van der Waals surface area contributed by atoms with Crippen molar-refractivity contribution in [2.45, 2.75) is 25.9 Å². The maximum Gasteiger partial charge on any atom is 0.163 e. The van der Waals surface area contributed by atoms with Gasteiger partial charge in [-0.3, -0.25) is 4.90 Å². The Balaban J connectivity index is 1.59. The van der Waals surface area contributed by atoms with Crippen molar-refractivity contribution in [3.63, 3.8) is 0 Å². The molecule has 2 aliphatic rings. The number of rotatable bonds is 2. The Kier molecular flexibility index (Phi) is 3.34. The minimum absolute atomic E-state index is 0.475. The topological polar surface area (TPSA) is 15.3 Å². The van der Waals surface area contributed by atoms with Crippen LogP contribution in [0.1, 0.15) is 22.3 Å². The SMILES string of the molecule is Fc1ccc2c(c1F)CN(Cc1cccc3c1NCC3)CC2. The van der Waals surface area contributed by atoms with E-state index in [4.69, 9.17) is 0 Å². The van der Waals surface area contributed by atoms with E-state index >= 15 is 0 Å². The molecule has 0 saturated carbocycles. The maximum absolute atomic E-state index is 14.0. The quantitative estimate of drug-likeness (QED) is 0.913. The first kappa shape index (κ1) is 13.7. The Morgan fingerprint density at radius 2 is 1.95 bits per heavy atom. The van der Waals surface area contributed by atoms with Gasteiger partial charge in [0.05, 0.1) is 0 Å². The van der Waals surface area contributed by atoms with Gasteiger partial charge >= 0.3 is 0 Å². The predicted octanol–water partition coefficient (Wildman–Crippen LogP) is 3.49. The number of anilines is 1. The van der Waals surface area contributed by atoms with E-state index in [1.54, 1.807) is 6.07 Å². The molecule has 1 N–H and O–H groups in total. The summed E-state index contributed by atoms with van der Waals surface area (Å²) in [6.07, 6.45) is 1.83. The molecule has 4 heteroatoms. The van der Waals surface area contributed by atoms with Crippen LogP contribution in [0.5, 0.6) is 0 Å².